The Hall–Kier alpha value is -1.77. The molecule has 0 aliphatic carbocycles. The van der Waals surface area contributed by atoms with Crippen molar-refractivity contribution in [2.45, 2.75) is 0 Å². The summed E-state index contributed by atoms with van der Waals surface area (Å²) in [5, 5.41) is 3.61. The second kappa shape index (κ2) is 2.70. The fraction of sp³-hybridized carbons (Fsp3) is 0. The Balaban J connectivity index is 2.48. The molecule has 1 heterocycles. The minimum absolute atomic E-state index is 0.726. The van der Waals surface area contributed by atoms with E-state index >= 15 is 0 Å². The quantitative estimate of drug-likeness (QED) is 0.648. The molecule has 0 bridgehead atoms. The number of nitrogen functional groups attached to an aromatic ring is 1. The van der Waals surface area contributed by atoms with E-state index in [1.165, 1.54) is 0 Å². The van der Waals surface area contributed by atoms with Crippen LogP contribution in [0.15, 0.2) is 41.1 Å². The van der Waals surface area contributed by atoms with E-state index in [0.29, 0.717) is 0 Å². The summed E-state index contributed by atoms with van der Waals surface area (Å²) in [5.74, 6) is 0.738. The van der Waals surface area contributed by atoms with Crippen molar-refractivity contribution in [3.63, 3.8) is 0 Å². The molecule has 0 amide bonds. The maximum absolute atomic E-state index is 5.60. The van der Waals surface area contributed by atoms with Gasteiger partial charge in [0.05, 0.1) is 6.20 Å². The Bertz CT molecular complexity index is 368. The maximum Gasteiger partial charge on any atom is 0.166 e. The van der Waals surface area contributed by atoms with E-state index in [1.807, 2.05) is 24.3 Å². The molecule has 0 atom stereocenters. The fourth-order valence-corrected chi connectivity index (χ4v) is 1.06. The van der Waals surface area contributed by atoms with Crippen LogP contribution >= 0.6 is 0 Å². The van der Waals surface area contributed by atoms with E-state index in [1.54, 1.807) is 12.3 Å². The van der Waals surface area contributed by atoms with Crippen molar-refractivity contribution in [1.82, 2.24) is 5.16 Å². The summed E-state index contributed by atoms with van der Waals surface area (Å²) in [7, 11) is 0. The first-order valence-electron chi connectivity index (χ1n) is 3.63. The van der Waals surface area contributed by atoms with Crippen LogP contribution in [0.1, 0.15) is 0 Å². The molecule has 3 nitrogen and oxygen atoms in total. The molecule has 3 heteroatoms. The van der Waals surface area contributed by atoms with E-state index in [-0.39, 0.29) is 0 Å². The van der Waals surface area contributed by atoms with Crippen molar-refractivity contribution < 1.29 is 4.52 Å². The van der Waals surface area contributed by atoms with Crippen LogP contribution in [0.4, 0.5) is 5.69 Å². The minimum Gasteiger partial charge on any atom is -0.399 e. The van der Waals surface area contributed by atoms with Gasteiger partial charge in [-0.3, -0.25) is 0 Å². The van der Waals surface area contributed by atoms with Gasteiger partial charge in [0.2, 0.25) is 0 Å². The summed E-state index contributed by atoms with van der Waals surface area (Å²) < 4.78 is 4.97. The molecule has 0 aliphatic heterocycles. The third-order valence-corrected chi connectivity index (χ3v) is 1.61. The minimum atomic E-state index is 0.726. The van der Waals surface area contributed by atoms with Crippen LogP contribution in [0.2, 0.25) is 0 Å². The number of nitrogens with two attached hydrogens (primary N) is 1. The molecular weight excluding hydrogens is 152 g/mol. The highest BCUT2D eigenvalue weighted by molar-refractivity contribution is 5.61. The molecule has 0 fully saturated rings. The lowest BCUT2D eigenvalue weighted by molar-refractivity contribution is 0.432. The van der Waals surface area contributed by atoms with Crippen molar-refractivity contribution >= 4 is 5.69 Å². The molecule has 0 unspecified atom stereocenters. The van der Waals surface area contributed by atoms with E-state index in [0.717, 1.165) is 17.0 Å². The number of hydrogen-bond donors (Lipinski definition) is 1. The molecule has 0 aliphatic rings. The van der Waals surface area contributed by atoms with Gasteiger partial charge in [-0.2, -0.15) is 0 Å². The second-order valence-electron chi connectivity index (χ2n) is 2.50. The smallest absolute Gasteiger partial charge is 0.166 e. The van der Waals surface area contributed by atoms with Crippen molar-refractivity contribution in [2.75, 3.05) is 5.73 Å². The lowest BCUT2D eigenvalue weighted by Crippen LogP contribution is -1.83. The maximum atomic E-state index is 5.60. The number of benzene rings is 1. The second-order valence-corrected chi connectivity index (χ2v) is 2.50. The van der Waals surface area contributed by atoms with Crippen LogP contribution in [0.5, 0.6) is 0 Å². The normalized spacial score (nSPS) is 10.0. The van der Waals surface area contributed by atoms with Gasteiger partial charge < -0.3 is 10.3 Å². The third kappa shape index (κ3) is 1.16. The molecule has 2 N–H and O–H groups in total. The molecule has 0 spiro atoms. The zero-order valence-electron chi connectivity index (χ0n) is 6.40. The highest BCUT2D eigenvalue weighted by Crippen LogP contribution is 2.19. The van der Waals surface area contributed by atoms with Gasteiger partial charge in [0.1, 0.15) is 0 Å². The van der Waals surface area contributed by atoms with Crippen LogP contribution in [0, 0.1) is 0 Å². The zero-order valence-corrected chi connectivity index (χ0v) is 6.40. The topological polar surface area (TPSA) is 52.0 Å². The lowest BCUT2D eigenvalue weighted by atomic mass is 10.1. The first-order valence-corrected chi connectivity index (χ1v) is 3.63. The summed E-state index contributed by atoms with van der Waals surface area (Å²) in [6, 6.07) is 9.29. The lowest BCUT2D eigenvalue weighted by Gasteiger charge is -1.95. The van der Waals surface area contributed by atoms with Gasteiger partial charge in [-0.25, -0.2) is 0 Å². The average molecular weight is 160 g/mol. The van der Waals surface area contributed by atoms with Gasteiger partial charge in [-0.1, -0.05) is 17.3 Å². The molecule has 0 radical (unpaired) electrons. The first kappa shape index (κ1) is 6.91. The Morgan fingerprint density at radius 2 is 2.17 bits per heavy atom. The summed E-state index contributed by atoms with van der Waals surface area (Å²) in [5.41, 5.74) is 7.28. The molecule has 0 saturated heterocycles. The molecule has 0 saturated carbocycles. The fourth-order valence-electron chi connectivity index (χ4n) is 1.06. The number of anilines is 1. The molecule has 1 aromatic heterocycles. The Kier molecular flexibility index (Phi) is 1.55. The van der Waals surface area contributed by atoms with Gasteiger partial charge >= 0.3 is 0 Å². The first-order chi connectivity index (χ1) is 5.86. The van der Waals surface area contributed by atoms with Gasteiger partial charge in [-0.15, -0.1) is 0 Å². The van der Waals surface area contributed by atoms with Gasteiger partial charge in [0.25, 0.3) is 0 Å². The van der Waals surface area contributed by atoms with Crippen LogP contribution < -0.4 is 5.73 Å². The molecular formula is C9H8N2O. The third-order valence-electron chi connectivity index (χ3n) is 1.61. The van der Waals surface area contributed by atoms with Gasteiger partial charge in [0, 0.05) is 17.3 Å². The van der Waals surface area contributed by atoms with Crippen LogP contribution in [0.25, 0.3) is 11.3 Å². The van der Waals surface area contributed by atoms with Crippen LogP contribution in [-0.4, -0.2) is 5.16 Å². The Labute approximate surface area is 69.8 Å². The van der Waals surface area contributed by atoms with E-state index < -0.39 is 0 Å². The predicted molar refractivity (Wildman–Crippen MR) is 46.4 cm³/mol. The average Bonchev–Trinajstić information content (AvgIpc) is 2.56. The van der Waals surface area contributed by atoms with Gasteiger partial charge in [0.15, 0.2) is 5.76 Å². The van der Waals surface area contributed by atoms with Crippen molar-refractivity contribution in [2.24, 2.45) is 0 Å². The van der Waals surface area contributed by atoms with Crippen LogP contribution in [-0.2, 0) is 0 Å². The number of rotatable bonds is 1. The number of aromatic nitrogens is 1. The summed E-state index contributed by atoms with van der Waals surface area (Å²) in [6.45, 7) is 0. The standard InChI is InChI=1S/C9H8N2O/c10-8-3-1-2-7(6-8)9-4-5-11-12-9/h1-6H,10H2. The summed E-state index contributed by atoms with van der Waals surface area (Å²) in [4.78, 5) is 0. The number of hydrogen-bond acceptors (Lipinski definition) is 3. The van der Waals surface area contributed by atoms with Crippen LogP contribution in [0.3, 0.4) is 0 Å². The monoisotopic (exact) mass is 160 g/mol. The van der Waals surface area contributed by atoms with Crippen molar-refractivity contribution in [3.8, 4) is 11.3 Å². The SMILES string of the molecule is Nc1cccc(-c2ccno2)c1. The molecule has 1 aromatic carbocycles. The van der Waals surface area contributed by atoms with Crippen molar-refractivity contribution in [1.29, 1.82) is 0 Å². The molecule has 60 valence electrons. The number of nitrogens with zero attached hydrogens (tertiary/aromatic N) is 1. The van der Waals surface area contributed by atoms with E-state index in [4.69, 9.17) is 10.3 Å². The van der Waals surface area contributed by atoms with E-state index in [9.17, 15) is 0 Å². The Morgan fingerprint density at radius 3 is 2.83 bits per heavy atom. The van der Waals surface area contributed by atoms with E-state index in [2.05, 4.69) is 5.16 Å². The predicted octanol–water partition coefficient (Wildman–Crippen LogP) is 1.92. The summed E-state index contributed by atoms with van der Waals surface area (Å²) >= 11 is 0. The molecule has 2 rings (SSSR count). The molecule has 12 heavy (non-hydrogen) atoms. The highest BCUT2D eigenvalue weighted by Gasteiger charge is 1.99. The van der Waals surface area contributed by atoms with Crippen molar-refractivity contribution in [3.05, 3.63) is 36.5 Å². The molecule has 2 aromatic rings. The zero-order chi connectivity index (χ0) is 8.39. The largest absolute Gasteiger partial charge is 0.399 e. The van der Waals surface area contributed by atoms with Gasteiger partial charge in [-0.05, 0) is 12.1 Å². The highest BCUT2D eigenvalue weighted by atomic mass is 16.5. The summed E-state index contributed by atoms with van der Waals surface area (Å²) in [6.07, 6.45) is 1.61. The Morgan fingerprint density at radius 1 is 1.25 bits per heavy atom.